The first-order valence-corrected chi connectivity index (χ1v) is 8.85. The summed E-state index contributed by atoms with van der Waals surface area (Å²) in [6.07, 6.45) is 5.79. The predicted octanol–water partition coefficient (Wildman–Crippen LogP) is 1.97. The molecule has 8 heteroatoms. The number of carbonyl (C=O) groups is 1. The summed E-state index contributed by atoms with van der Waals surface area (Å²) in [4.78, 5) is 27.7. The van der Waals surface area contributed by atoms with Gasteiger partial charge in [0, 0.05) is 36.8 Å². The van der Waals surface area contributed by atoms with Crippen molar-refractivity contribution in [2.75, 3.05) is 23.3 Å². The molecule has 27 heavy (non-hydrogen) atoms. The summed E-state index contributed by atoms with van der Waals surface area (Å²) in [5.74, 6) is -0.112. The normalized spacial score (nSPS) is 21.0. The zero-order valence-electron chi connectivity index (χ0n) is 14.4. The van der Waals surface area contributed by atoms with Crippen molar-refractivity contribution in [3.8, 4) is 0 Å². The smallest absolute Gasteiger partial charge is 0.275 e. The number of nitrogens with one attached hydrogen (secondary N) is 2. The third-order valence-corrected chi connectivity index (χ3v) is 5.14. The SMILES string of the molecule is O=C(Nc1cc(F)cc2cccnc12)c1cnc(N2CC3CC2CN3)cn1. The number of fused-ring (bicyclic) bond motifs is 3. The summed E-state index contributed by atoms with van der Waals surface area (Å²) in [5, 5.41) is 6.75. The van der Waals surface area contributed by atoms with E-state index in [1.165, 1.54) is 18.3 Å². The van der Waals surface area contributed by atoms with Gasteiger partial charge in [0.2, 0.25) is 0 Å². The van der Waals surface area contributed by atoms with Crippen LogP contribution in [0, 0.1) is 5.82 Å². The Balaban J connectivity index is 1.37. The topological polar surface area (TPSA) is 83.0 Å². The fourth-order valence-electron chi connectivity index (χ4n) is 3.87. The average molecular weight is 364 g/mol. The van der Waals surface area contributed by atoms with E-state index in [0.29, 0.717) is 28.7 Å². The summed E-state index contributed by atoms with van der Waals surface area (Å²) in [7, 11) is 0. The number of carbonyl (C=O) groups excluding carboxylic acids is 1. The van der Waals surface area contributed by atoms with Crippen molar-refractivity contribution in [1.29, 1.82) is 0 Å². The van der Waals surface area contributed by atoms with E-state index in [-0.39, 0.29) is 5.69 Å². The lowest BCUT2D eigenvalue weighted by Gasteiger charge is -2.28. The Morgan fingerprint density at radius 3 is 2.93 bits per heavy atom. The fraction of sp³-hybridized carbons (Fsp3) is 0.263. The maximum Gasteiger partial charge on any atom is 0.275 e. The Kier molecular flexibility index (Phi) is 3.71. The molecule has 2 atom stereocenters. The lowest BCUT2D eigenvalue weighted by molar-refractivity contribution is 0.102. The maximum absolute atomic E-state index is 13.8. The minimum atomic E-state index is -0.448. The number of rotatable bonds is 3. The van der Waals surface area contributed by atoms with Crippen LogP contribution >= 0.6 is 0 Å². The summed E-state index contributed by atoms with van der Waals surface area (Å²) >= 11 is 0. The molecule has 0 radical (unpaired) electrons. The van der Waals surface area contributed by atoms with E-state index in [4.69, 9.17) is 0 Å². The van der Waals surface area contributed by atoms with Crippen LogP contribution in [0.1, 0.15) is 16.9 Å². The van der Waals surface area contributed by atoms with Gasteiger partial charge in [-0.05, 0) is 24.6 Å². The van der Waals surface area contributed by atoms with Crippen LogP contribution in [-0.4, -0.2) is 46.0 Å². The van der Waals surface area contributed by atoms with Gasteiger partial charge in [0.15, 0.2) is 0 Å². The van der Waals surface area contributed by atoms with Crippen LogP contribution in [0.25, 0.3) is 10.9 Å². The second-order valence-electron chi connectivity index (χ2n) is 6.89. The molecule has 0 saturated carbocycles. The van der Waals surface area contributed by atoms with Crippen LogP contribution < -0.4 is 15.5 Å². The third-order valence-electron chi connectivity index (χ3n) is 5.14. The predicted molar refractivity (Wildman–Crippen MR) is 99.2 cm³/mol. The van der Waals surface area contributed by atoms with Gasteiger partial charge >= 0.3 is 0 Å². The lowest BCUT2D eigenvalue weighted by Crippen LogP contribution is -2.44. The maximum atomic E-state index is 13.8. The van der Waals surface area contributed by atoms with Crippen molar-refractivity contribution in [3.63, 3.8) is 0 Å². The van der Waals surface area contributed by atoms with Gasteiger partial charge < -0.3 is 15.5 Å². The number of piperazine rings is 1. The lowest BCUT2D eigenvalue weighted by atomic mass is 10.2. The monoisotopic (exact) mass is 364 g/mol. The number of halogens is 1. The summed E-state index contributed by atoms with van der Waals surface area (Å²) < 4.78 is 13.8. The third kappa shape index (κ3) is 2.87. The number of hydrogen-bond donors (Lipinski definition) is 2. The van der Waals surface area contributed by atoms with Gasteiger partial charge in [0.1, 0.15) is 17.3 Å². The van der Waals surface area contributed by atoms with Crippen LogP contribution in [0.15, 0.2) is 42.9 Å². The number of anilines is 2. The molecule has 0 spiro atoms. The van der Waals surface area contributed by atoms with E-state index in [9.17, 15) is 9.18 Å². The van der Waals surface area contributed by atoms with Crippen molar-refractivity contribution in [2.24, 2.45) is 0 Å². The quantitative estimate of drug-likeness (QED) is 0.739. The van der Waals surface area contributed by atoms with Crippen molar-refractivity contribution in [2.45, 2.75) is 18.5 Å². The summed E-state index contributed by atoms with van der Waals surface area (Å²) in [6.45, 7) is 1.86. The Morgan fingerprint density at radius 1 is 1.26 bits per heavy atom. The van der Waals surface area contributed by atoms with E-state index < -0.39 is 11.7 Å². The first kappa shape index (κ1) is 16.1. The molecule has 2 N–H and O–H groups in total. The van der Waals surface area contributed by atoms with Gasteiger partial charge in [-0.15, -0.1) is 0 Å². The second-order valence-corrected chi connectivity index (χ2v) is 6.89. The van der Waals surface area contributed by atoms with E-state index in [0.717, 1.165) is 25.3 Å². The molecule has 136 valence electrons. The molecule has 2 bridgehead atoms. The number of benzene rings is 1. The van der Waals surface area contributed by atoms with Gasteiger partial charge in [0.05, 0.1) is 23.6 Å². The zero-order valence-corrected chi connectivity index (χ0v) is 14.4. The van der Waals surface area contributed by atoms with Crippen LogP contribution in [0.3, 0.4) is 0 Å². The highest BCUT2D eigenvalue weighted by Crippen LogP contribution is 2.27. The van der Waals surface area contributed by atoms with Crippen LogP contribution in [0.5, 0.6) is 0 Å². The van der Waals surface area contributed by atoms with Crippen molar-refractivity contribution in [3.05, 3.63) is 54.4 Å². The minimum Gasteiger partial charge on any atom is -0.349 e. The highest BCUT2D eigenvalue weighted by atomic mass is 19.1. The molecular formula is C19H17FN6O. The molecular weight excluding hydrogens is 347 g/mol. The van der Waals surface area contributed by atoms with E-state index in [2.05, 4.69) is 30.5 Å². The number of hydrogen-bond acceptors (Lipinski definition) is 6. The Hall–Kier alpha value is -3.13. The zero-order chi connectivity index (χ0) is 18.4. The van der Waals surface area contributed by atoms with Crippen LogP contribution in [0.4, 0.5) is 15.9 Å². The van der Waals surface area contributed by atoms with E-state index in [1.54, 1.807) is 24.5 Å². The molecule has 4 heterocycles. The van der Waals surface area contributed by atoms with Gasteiger partial charge in [0.25, 0.3) is 5.91 Å². The Labute approximate surface area is 154 Å². The number of aromatic nitrogens is 3. The molecule has 2 aliphatic rings. The molecule has 2 unspecified atom stereocenters. The average Bonchev–Trinajstić information content (AvgIpc) is 3.31. The van der Waals surface area contributed by atoms with Crippen LogP contribution in [0.2, 0.25) is 0 Å². The Morgan fingerprint density at radius 2 is 2.19 bits per heavy atom. The van der Waals surface area contributed by atoms with Gasteiger partial charge in [-0.2, -0.15) is 0 Å². The largest absolute Gasteiger partial charge is 0.349 e. The first-order chi connectivity index (χ1) is 13.2. The molecule has 1 aromatic carbocycles. The van der Waals surface area contributed by atoms with Gasteiger partial charge in [-0.1, -0.05) is 6.07 Å². The molecule has 2 saturated heterocycles. The molecule has 2 aliphatic heterocycles. The standard InChI is InChI=1S/C19H17FN6O/c20-12-4-11-2-1-3-21-18(11)15(5-12)25-19(27)16-8-24-17(9-23-16)26-10-13-6-14(26)7-22-13/h1-5,8-9,13-14,22H,6-7,10H2,(H,25,27). The van der Waals surface area contributed by atoms with Crippen LogP contribution in [-0.2, 0) is 0 Å². The molecule has 1 amide bonds. The molecule has 7 nitrogen and oxygen atoms in total. The van der Waals surface area contributed by atoms with Gasteiger partial charge in [-0.3, -0.25) is 9.78 Å². The van der Waals surface area contributed by atoms with Crippen molar-refractivity contribution < 1.29 is 9.18 Å². The van der Waals surface area contributed by atoms with E-state index >= 15 is 0 Å². The summed E-state index contributed by atoms with van der Waals surface area (Å²) in [6, 6.07) is 7.04. The molecule has 2 fully saturated rings. The number of nitrogens with zero attached hydrogens (tertiary/aromatic N) is 4. The number of amides is 1. The fourth-order valence-corrected chi connectivity index (χ4v) is 3.87. The summed E-state index contributed by atoms with van der Waals surface area (Å²) in [5.41, 5.74) is 1.01. The second kappa shape index (κ2) is 6.24. The number of pyridine rings is 1. The molecule has 5 rings (SSSR count). The highest BCUT2D eigenvalue weighted by Gasteiger charge is 2.38. The first-order valence-electron chi connectivity index (χ1n) is 8.85. The van der Waals surface area contributed by atoms with Crippen molar-refractivity contribution >= 4 is 28.3 Å². The minimum absolute atomic E-state index is 0.176. The van der Waals surface area contributed by atoms with Gasteiger partial charge in [-0.25, -0.2) is 14.4 Å². The van der Waals surface area contributed by atoms with Crippen molar-refractivity contribution in [1.82, 2.24) is 20.3 Å². The highest BCUT2D eigenvalue weighted by molar-refractivity contribution is 6.07. The molecule has 3 aromatic rings. The molecule has 0 aliphatic carbocycles. The van der Waals surface area contributed by atoms with E-state index in [1.807, 2.05) is 0 Å². The Bertz CT molecular complexity index is 1020. The molecule has 2 aromatic heterocycles.